The Kier molecular flexibility index (Phi) is 5.63. The normalized spacial score (nSPS) is 19.3. The van der Waals surface area contributed by atoms with E-state index >= 15 is 0 Å². The highest BCUT2D eigenvalue weighted by Crippen LogP contribution is 2.24. The van der Waals surface area contributed by atoms with Gasteiger partial charge in [0.1, 0.15) is 6.04 Å². The number of carbonyl (C=O) groups excluding carboxylic acids is 2. The molecule has 0 bridgehead atoms. The third-order valence-corrected chi connectivity index (χ3v) is 4.05. The zero-order valence-electron chi connectivity index (χ0n) is 12.0. The minimum atomic E-state index is -0.419. The SMILES string of the molecule is CC[C@@H](C)N(C)C(=O)[C@H](C)NC(=O)C1CCCC1. The highest BCUT2D eigenvalue weighted by atomic mass is 16.2. The first-order valence-corrected chi connectivity index (χ1v) is 7.04. The smallest absolute Gasteiger partial charge is 0.244 e. The molecule has 0 aliphatic heterocycles. The molecule has 1 N–H and O–H groups in total. The molecule has 1 rings (SSSR count). The van der Waals surface area contributed by atoms with Gasteiger partial charge < -0.3 is 10.2 Å². The van der Waals surface area contributed by atoms with Crippen molar-refractivity contribution in [1.82, 2.24) is 10.2 Å². The molecular weight excluding hydrogens is 228 g/mol. The number of amides is 2. The Morgan fingerprint density at radius 3 is 2.33 bits per heavy atom. The van der Waals surface area contributed by atoms with Crippen LogP contribution in [0.2, 0.25) is 0 Å². The summed E-state index contributed by atoms with van der Waals surface area (Å²) in [6.45, 7) is 5.84. The summed E-state index contributed by atoms with van der Waals surface area (Å²) in [5, 5.41) is 2.85. The van der Waals surface area contributed by atoms with Gasteiger partial charge >= 0.3 is 0 Å². The molecule has 0 aromatic rings. The Hall–Kier alpha value is -1.06. The molecule has 0 aromatic heterocycles. The van der Waals surface area contributed by atoms with Crippen molar-refractivity contribution in [2.45, 2.75) is 65.0 Å². The lowest BCUT2D eigenvalue weighted by atomic mass is 10.1. The lowest BCUT2D eigenvalue weighted by molar-refractivity contribution is -0.137. The summed E-state index contributed by atoms with van der Waals surface area (Å²) in [7, 11) is 1.80. The van der Waals surface area contributed by atoms with E-state index in [2.05, 4.69) is 12.2 Å². The Labute approximate surface area is 110 Å². The lowest BCUT2D eigenvalue weighted by Crippen LogP contribution is -2.49. The summed E-state index contributed by atoms with van der Waals surface area (Å²) in [5.74, 6) is 0.163. The number of rotatable bonds is 5. The van der Waals surface area contributed by atoms with Crippen LogP contribution in [0.4, 0.5) is 0 Å². The molecule has 0 aromatic carbocycles. The molecule has 4 nitrogen and oxygen atoms in total. The zero-order valence-corrected chi connectivity index (χ0v) is 12.0. The maximum Gasteiger partial charge on any atom is 0.244 e. The van der Waals surface area contributed by atoms with E-state index in [1.807, 2.05) is 6.92 Å². The molecule has 4 heteroatoms. The zero-order chi connectivity index (χ0) is 13.7. The molecule has 18 heavy (non-hydrogen) atoms. The summed E-state index contributed by atoms with van der Waals surface area (Å²) in [6, 6.07) is -0.208. The monoisotopic (exact) mass is 254 g/mol. The van der Waals surface area contributed by atoms with Crippen molar-refractivity contribution in [2.24, 2.45) is 5.92 Å². The van der Waals surface area contributed by atoms with Crippen LogP contribution in [-0.4, -0.2) is 35.8 Å². The fourth-order valence-electron chi connectivity index (χ4n) is 2.38. The largest absolute Gasteiger partial charge is 0.344 e. The van der Waals surface area contributed by atoms with E-state index in [0.717, 1.165) is 32.1 Å². The second-order valence-electron chi connectivity index (χ2n) is 5.42. The summed E-state index contributed by atoms with van der Waals surface area (Å²) in [5.41, 5.74) is 0. The van der Waals surface area contributed by atoms with E-state index in [1.165, 1.54) is 0 Å². The second kappa shape index (κ2) is 6.76. The van der Waals surface area contributed by atoms with E-state index in [1.54, 1.807) is 18.9 Å². The molecule has 0 radical (unpaired) electrons. The number of likely N-dealkylation sites (N-methyl/N-ethyl adjacent to an activating group) is 1. The van der Waals surface area contributed by atoms with Crippen LogP contribution in [0.15, 0.2) is 0 Å². The average molecular weight is 254 g/mol. The molecule has 1 aliphatic rings. The van der Waals surface area contributed by atoms with Crippen LogP contribution >= 0.6 is 0 Å². The Bertz CT molecular complexity index is 298. The molecule has 1 fully saturated rings. The summed E-state index contributed by atoms with van der Waals surface area (Å²) in [4.78, 5) is 25.8. The van der Waals surface area contributed by atoms with Crippen molar-refractivity contribution < 1.29 is 9.59 Å². The van der Waals surface area contributed by atoms with E-state index in [4.69, 9.17) is 0 Å². The molecular formula is C14H26N2O2. The minimum Gasteiger partial charge on any atom is -0.344 e. The van der Waals surface area contributed by atoms with Gasteiger partial charge in [-0.25, -0.2) is 0 Å². The molecule has 0 unspecified atom stereocenters. The van der Waals surface area contributed by atoms with Gasteiger partial charge in [-0.15, -0.1) is 0 Å². The first kappa shape index (κ1) is 15.0. The maximum atomic E-state index is 12.1. The molecule has 2 atom stereocenters. The number of nitrogens with zero attached hydrogens (tertiary/aromatic N) is 1. The van der Waals surface area contributed by atoms with Crippen molar-refractivity contribution in [3.8, 4) is 0 Å². The van der Waals surface area contributed by atoms with Crippen molar-refractivity contribution in [1.29, 1.82) is 0 Å². The van der Waals surface area contributed by atoms with Gasteiger partial charge in [-0.1, -0.05) is 19.8 Å². The standard InChI is InChI=1S/C14H26N2O2/c1-5-10(2)16(4)14(18)11(3)15-13(17)12-8-6-7-9-12/h10-12H,5-9H2,1-4H3,(H,15,17)/t10-,11+/m1/s1. The fourth-order valence-corrected chi connectivity index (χ4v) is 2.38. The molecule has 0 saturated heterocycles. The predicted octanol–water partition coefficient (Wildman–Crippen LogP) is 1.94. The van der Waals surface area contributed by atoms with Gasteiger partial charge in [-0.05, 0) is 33.1 Å². The summed E-state index contributed by atoms with van der Waals surface area (Å²) >= 11 is 0. The van der Waals surface area contributed by atoms with Gasteiger partial charge in [0.05, 0.1) is 0 Å². The number of nitrogens with one attached hydrogen (secondary N) is 1. The van der Waals surface area contributed by atoms with Gasteiger partial charge in [0.2, 0.25) is 11.8 Å². The topological polar surface area (TPSA) is 49.4 Å². The van der Waals surface area contributed by atoms with Crippen molar-refractivity contribution in [3.05, 3.63) is 0 Å². The van der Waals surface area contributed by atoms with E-state index < -0.39 is 6.04 Å². The minimum absolute atomic E-state index is 0.00398. The Morgan fingerprint density at radius 1 is 1.28 bits per heavy atom. The molecule has 0 spiro atoms. The molecule has 1 aliphatic carbocycles. The third-order valence-electron chi connectivity index (χ3n) is 4.05. The highest BCUT2D eigenvalue weighted by Gasteiger charge is 2.27. The summed E-state index contributed by atoms with van der Waals surface area (Å²) < 4.78 is 0. The van der Waals surface area contributed by atoms with E-state index in [0.29, 0.717) is 0 Å². The van der Waals surface area contributed by atoms with Crippen LogP contribution in [-0.2, 0) is 9.59 Å². The molecule has 104 valence electrons. The molecule has 1 saturated carbocycles. The van der Waals surface area contributed by atoms with Crippen molar-refractivity contribution >= 4 is 11.8 Å². The van der Waals surface area contributed by atoms with E-state index in [9.17, 15) is 9.59 Å². The second-order valence-corrected chi connectivity index (χ2v) is 5.42. The maximum absolute atomic E-state index is 12.1. The van der Waals surface area contributed by atoms with Crippen molar-refractivity contribution in [2.75, 3.05) is 7.05 Å². The Balaban J connectivity index is 2.46. The van der Waals surface area contributed by atoms with Crippen LogP contribution in [0, 0.1) is 5.92 Å². The third kappa shape index (κ3) is 3.72. The Morgan fingerprint density at radius 2 is 1.83 bits per heavy atom. The van der Waals surface area contributed by atoms with E-state index in [-0.39, 0.29) is 23.8 Å². The number of hydrogen-bond donors (Lipinski definition) is 1. The highest BCUT2D eigenvalue weighted by molar-refractivity contribution is 5.88. The van der Waals surface area contributed by atoms with Gasteiger partial charge in [0.15, 0.2) is 0 Å². The lowest BCUT2D eigenvalue weighted by Gasteiger charge is -2.27. The number of carbonyl (C=O) groups is 2. The van der Waals surface area contributed by atoms with Gasteiger partial charge in [0, 0.05) is 19.0 Å². The predicted molar refractivity (Wildman–Crippen MR) is 72.1 cm³/mol. The summed E-state index contributed by atoms with van der Waals surface area (Å²) in [6.07, 6.45) is 5.12. The number of hydrogen-bond acceptors (Lipinski definition) is 2. The van der Waals surface area contributed by atoms with Gasteiger partial charge in [-0.3, -0.25) is 9.59 Å². The van der Waals surface area contributed by atoms with Crippen LogP contribution in [0.25, 0.3) is 0 Å². The molecule has 0 heterocycles. The average Bonchev–Trinajstić information content (AvgIpc) is 2.89. The fraction of sp³-hybridized carbons (Fsp3) is 0.857. The van der Waals surface area contributed by atoms with Crippen LogP contribution < -0.4 is 5.32 Å². The van der Waals surface area contributed by atoms with Gasteiger partial charge in [-0.2, -0.15) is 0 Å². The van der Waals surface area contributed by atoms with Crippen molar-refractivity contribution in [3.63, 3.8) is 0 Å². The first-order valence-electron chi connectivity index (χ1n) is 7.04. The van der Waals surface area contributed by atoms with Crippen LogP contribution in [0.3, 0.4) is 0 Å². The van der Waals surface area contributed by atoms with Gasteiger partial charge in [0.25, 0.3) is 0 Å². The molecule has 2 amide bonds. The first-order chi connectivity index (χ1) is 8.47. The quantitative estimate of drug-likeness (QED) is 0.815. The van der Waals surface area contributed by atoms with Crippen LogP contribution in [0.1, 0.15) is 52.9 Å². The van der Waals surface area contributed by atoms with Crippen LogP contribution in [0.5, 0.6) is 0 Å².